The van der Waals surface area contributed by atoms with Crippen molar-refractivity contribution in [1.29, 1.82) is 0 Å². The smallest absolute Gasteiger partial charge is 0.145 e. The molecule has 1 aromatic heterocycles. The van der Waals surface area contributed by atoms with Gasteiger partial charge in [-0.3, -0.25) is 0 Å². The maximum atomic E-state index is 5.78. The van der Waals surface area contributed by atoms with Crippen LogP contribution in [-0.2, 0) is 6.54 Å². The minimum absolute atomic E-state index is 0.143. The molecule has 0 saturated carbocycles. The number of aromatic nitrogens is 1. The van der Waals surface area contributed by atoms with E-state index in [-0.39, 0.29) is 6.10 Å². The number of aryl methyl sites for hydroxylation is 1. The Bertz CT molecular complexity index is 535. The molecule has 0 radical (unpaired) electrons. The Kier molecular flexibility index (Phi) is 3.29. The van der Waals surface area contributed by atoms with Gasteiger partial charge in [-0.1, -0.05) is 12.1 Å². The third-order valence-electron chi connectivity index (χ3n) is 2.63. The van der Waals surface area contributed by atoms with Gasteiger partial charge in [-0.2, -0.15) is 0 Å². The Labute approximate surface area is 102 Å². The monoisotopic (exact) mass is 230 g/mol. The van der Waals surface area contributed by atoms with Gasteiger partial charge in [-0.25, -0.2) is 4.98 Å². The van der Waals surface area contributed by atoms with Crippen LogP contribution >= 0.6 is 0 Å². The highest BCUT2D eigenvalue weighted by atomic mass is 16.5. The lowest BCUT2D eigenvalue weighted by molar-refractivity contribution is 0.245. The Morgan fingerprint density at radius 3 is 2.76 bits per heavy atom. The highest BCUT2D eigenvalue weighted by molar-refractivity contribution is 5.87. The van der Waals surface area contributed by atoms with E-state index >= 15 is 0 Å². The molecule has 2 rings (SSSR count). The first kappa shape index (κ1) is 11.9. The average Bonchev–Trinajstić information content (AvgIpc) is 2.29. The predicted molar refractivity (Wildman–Crippen MR) is 70.1 cm³/mol. The lowest BCUT2D eigenvalue weighted by atomic mass is 10.1. The molecule has 0 aliphatic rings. The molecule has 0 atom stereocenters. The topological polar surface area (TPSA) is 48.1 Å². The quantitative estimate of drug-likeness (QED) is 0.882. The summed E-state index contributed by atoms with van der Waals surface area (Å²) in [5.41, 5.74) is 8.64. The SMILES string of the molecule is Cc1cc(CN)nc2c(OC(C)C)cccc12. The van der Waals surface area contributed by atoms with Gasteiger partial charge in [0, 0.05) is 11.9 Å². The number of para-hydroxylation sites is 1. The predicted octanol–water partition coefficient (Wildman–Crippen LogP) is 2.79. The number of hydrogen-bond donors (Lipinski definition) is 1. The lowest BCUT2D eigenvalue weighted by Gasteiger charge is -2.13. The van der Waals surface area contributed by atoms with Crippen LogP contribution in [0.25, 0.3) is 10.9 Å². The van der Waals surface area contributed by atoms with Gasteiger partial charge >= 0.3 is 0 Å². The minimum Gasteiger partial charge on any atom is -0.489 e. The summed E-state index contributed by atoms with van der Waals surface area (Å²) in [5.74, 6) is 0.830. The standard InChI is InChI=1S/C14H18N2O/c1-9(2)17-13-6-4-5-12-10(3)7-11(8-15)16-14(12)13/h4-7,9H,8,15H2,1-3H3. The first-order valence-corrected chi connectivity index (χ1v) is 5.87. The van der Waals surface area contributed by atoms with Gasteiger partial charge in [0.15, 0.2) is 0 Å². The van der Waals surface area contributed by atoms with Crippen molar-refractivity contribution in [2.24, 2.45) is 5.73 Å². The molecule has 0 unspecified atom stereocenters. The number of pyridine rings is 1. The number of benzene rings is 1. The van der Waals surface area contributed by atoms with Crippen LogP contribution in [0.4, 0.5) is 0 Å². The van der Waals surface area contributed by atoms with Crippen molar-refractivity contribution in [2.45, 2.75) is 33.4 Å². The van der Waals surface area contributed by atoms with E-state index in [0.717, 1.165) is 22.3 Å². The molecule has 0 amide bonds. The maximum absolute atomic E-state index is 5.78. The van der Waals surface area contributed by atoms with Crippen LogP contribution in [0.15, 0.2) is 24.3 Å². The largest absolute Gasteiger partial charge is 0.489 e. The molecule has 90 valence electrons. The fourth-order valence-electron chi connectivity index (χ4n) is 1.91. The van der Waals surface area contributed by atoms with Crippen LogP contribution in [0.2, 0.25) is 0 Å². The number of hydrogen-bond acceptors (Lipinski definition) is 3. The van der Waals surface area contributed by atoms with Gasteiger partial charge < -0.3 is 10.5 Å². The van der Waals surface area contributed by atoms with Crippen LogP contribution in [0.1, 0.15) is 25.1 Å². The van der Waals surface area contributed by atoms with E-state index in [2.05, 4.69) is 18.0 Å². The van der Waals surface area contributed by atoms with Gasteiger partial charge in [0.25, 0.3) is 0 Å². The Hall–Kier alpha value is -1.61. The summed E-state index contributed by atoms with van der Waals surface area (Å²) in [5, 5.41) is 1.13. The van der Waals surface area contributed by atoms with Gasteiger partial charge in [-0.15, -0.1) is 0 Å². The second-order valence-corrected chi connectivity index (χ2v) is 4.45. The summed E-state index contributed by atoms with van der Waals surface area (Å²) in [4.78, 5) is 4.56. The molecular weight excluding hydrogens is 212 g/mol. The molecular formula is C14H18N2O. The molecule has 0 fully saturated rings. The molecule has 0 spiro atoms. The van der Waals surface area contributed by atoms with E-state index in [9.17, 15) is 0 Å². The van der Waals surface area contributed by atoms with Crippen LogP contribution in [-0.4, -0.2) is 11.1 Å². The summed E-state index contributed by atoms with van der Waals surface area (Å²) < 4.78 is 5.78. The number of fused-ring (bicyclic) bond motifs is 1. The second kappa shape index (κ2) is 4.72. The van der Waals surface area contributed by atoms with Gasteiger partial charge in [0.05, 0.1) is 11.8 Å². The minimum atomic E-state index is 0.143. The molecule has 2 N–H and O–H groups in total. The third-order valence-corrected chi connectivity index (χ3v) is 2.63. The van der Waals surface area contributed by atoms with E-state index in [1.54, 1.807) is 0 Å². The summed E-state index contributed by atoms with van der Waals surface area (Å²) in [6, 6.07) is 8.04. The first-order chi connectivity index (χ1) is 8.11. The fourth-order valence-corrected chi connectivity index (χ4v) is 1.91. The molecule has 2 aromatic rings. The van der Waals surface area contributed by atoms with Crippen molar-refractivity contribution in [3.8, 4) is 5.75 Å². The van der Waals surface area contributed by atoms with Crippen LogP contribution in [0.3, 0.4) is 0 Å². The Balaban J connectivity index is 2.64. The zero-order chi connectivity index (χ0) is 12.4. The van der Waals surface area contributed by atoms with E-state index in [1.165, 1.54) is 5.56 Å². The van der Waals surface area contributed by atoms with Gasteiger partial charge in [0.2, 0.25) is 0 Å². The second-order valence-electron chi connectivity index (χ2n) is 4.45. The number of nitrogens with zero attached hydrogens (tertiary/aromatic N) is 1. The highest BCUT2D eigenvalue weighted by Gasteiger charge is 2.08. The molecule has 3 nitrogen and oxygen atoms in total. The molecule has 0 bridgehead atoms. The van der Waals surface area contributed by atoms with Crippen LogP contribution < -0.4 is 10.5 Å². The zero-order valence-electron chi connectivity index (χ0n) is 10.5. The maximum Gasteiger partial charge on any atom is 0.145 e. The lowest BCUT2D eigenvalue weighted by Crippen LogP contribution is -2.07. The Morgan fingerprint density at radius 2 is 2.12 bits per heavy atom. The van der Waals surface area contributed by atoms with Crippen LogP contribution in [0, 0.1) is 6.92 Å². The fraction of sp³-hybridized carbons (Fsp3) is 0.357. The molecule has 0 saturated heterocycles. The van der Waals surface area contributed by atoms with Crippen molar-refractivity contribution in [1.82, 2.24) is 4.98 Å². The number of nitrogens with two attached hydrogens (primary N) is 1. The molecule has 0 aliphatic heterocycles. The van der Waals surface area contributed by atoms with Crippen molar-refractivity contribution >= 4 is 10.9 Å². The first-order valence-electron chi connectivity index (χ1n) is 5.87. The van der Waals surface area contributed by atoms with Crippen molar-refractivity contribution < 1.29 is 4.74 Å². The summed E-state index contributed by atoms with van der Waals surface area (Å²) in [6.07, 6.45) is 0.143. The van der Waals surface area contributed by atoms with E-state index in [4.69, 9.17) is 10.5 Å². The molecule has 3 heteroatoms. The third kappa shape index (κ3) is 2.39. The van der Waals surface area contributed by atoms with Crippen molar-refractivity contribution in [3.05, 3.63) is 35.5 Å². The van der Waals surface area contributed by atoms with E-state index in [0.29, 0.717) is 6.54 Å². The molecule has 1 heterocycles. The summed E-state index contributed by atoms with van der Waals surface area (Å²) in [7, 11) is 0. The van der Waals surface area contributed by atoms with Crippen LogP contribution in [0.5, 0.6) is 5.75 Å². The molecule has 1 aromatic carbocycles. The Morgan fingerprint density at radius 1 is 1.35 bits per heavy atom. The van der Waals surface area contributed by atoms with Crippen molar-refractivity contribution in [3.63, 3.8) is 0 Å². The normalized spacial score (nSPS) is 11.1. The van der Waals surface area contributed by atoms with Gasteiger partial charge in [0.1, 0.15) is 11.3 Å². The number of ether oxygens (including phenoxy) is 1. The van der Waals surface area contributed by atoms with E-state index in [1.807, 2.05) is 32.0 Å². The molecule has 0 aliphatic carbocycles. The zero-order valence-corrected chi connectivity index (χ0v) is 10.5. The van der Waals surface area contributed by atoms with Crippen molar-refractivity contribution in [2.75, 3.05) is 0 Å². The summed E-state index contributed by atoms with van der Waals surface area (Å²) in [6.45, 7) is 6.55. The molecule has 17 heavy (non-hydrogen) atoms. The van der Waals surface area contributed by atoms with E-state index < -0.39 is 0 Å². The highest BCUT2D eigenvalue weighted by Crippen LogP contribution is 2.27. The van der Waals surface area contributed by atoms with Gasteiger partial charge in [-0.05, 0) is 38.5 Å². The average molecular weight is 230 g/mol. The summed E-state index contributed by atoms with van der Waals surface area (Å²) >= 11 is 0. The number of rotatable bonds is 3.